The summed E-state index contributed by atoms with van der Waals surface area (Å²) in [4.78, 5) is 3.95. The van der Waals surface area contributed by atoms with Crippen LogP contribution < -0.4 is 0 Å². The second-order valence-electron chi connectivity index (χ2n) is 2.47. The number of aromatic nitrogens is 3. The lowest BCUT2D eigenvalue weighted by molar-refractivity contribution is 0.615. The molecule has 0 aliphatic carbocycles. The molecule has 0 spiro atoms. The highest BCUT2D eigenvalue weighted by Gasteiger charge is 2.05. The second-order valence-corrected chi connectivity index (χ2v) is 3.22. The Morgan fingerprint density at radius 2 is 2.25 bits per heavy atom. The van der Waals surface area contributed by atoms with Crippen molar-refractivity contribution in [1.29, 1.82) is 0 Å². The summed E-state index contributed by atoms with van der Waals surface area (Å²) in [6, 6.07) is 1.35. The Balaban J connectivity index is 2.83. The van der Waals surface area contributed by atoms with E-state index in [1.165, 1.54) is 6.07 Å². The van der Waals surface area contributed by atoms with Gasteiger partial charge in [0.15, 0.2) is 5.82 Å². The molecule has 5 heteroatoms. The summed E-state index contributed by atoms with van der Waals surface area (Å²) in [5.41, 5.74) is 1.25. The molecule has 0 saturated carbocycles. The highest BCUT2D eigenvalue weighted by Crippen LogP contribution is 2.17. The lowest BCUT2D eigenvalue weighted by Gasteiger charge is -1.90. The average Bonchev–Trinajstić information content (AvgIpc) is 2.30. The van der Waals surface area contributed by atoms with Gasteiger partial charge in [-0.1, -0.05) is 0 Å². The van der Waals surface area contributed by atoms with E-state index in [2.05, 4.69) is 26.0 Å². The molecule has 0 aromatic carbocycles. The number of fused-ring (bicyclic) bond motifs is 1. The molecule has 2 aromatic heterocycles. The Hall–Kier alpha value is -0.970. The first kappa shape index (κ1) is 7.67. The van der Waals surface area contributed by atoms with Crippen LogP contribution in [0.3, 0.4) is 0 Å². The van der Waals surface area contributed by atoms with Crippen LogP contribution in [-0.2, 0) is 7.05 Å². The minimum absolute atomic E-state index is 0.225. The van der Waals surface area contributed by atoms with Crippen molar-refractivity contribution >= 4 is 27.0 Å². The third kappa shape index (κ3) is 1.10. The number of aryl methyl sites for hydroxylation is 1. The van der Waals surface area contributed by atoms with Gasteiger partial charge in [0.05, 0.1) is 6.20 Å². The summed E-state index contributed by atoms with van der Waals surface area (Å²) in [5, 5.41) is 4.01. The SMILES string of the molecule is Cn1cc2nc(Br)c(F)cc2n1. The standard InChI is InChI=1S/C7H5BrFN3/c1-12-3-6-5(11-12)2-4(9)7(8)10-6/h2-3H,1H3. The first-order valence-corrected chi connectivity index (χ1v) is 4.11. The molecule has 0 radical (unpaired) electrons. The predicted octanol–water partition coefficient (Wildman–Crippen LogP) is 1.87. The Bertz CT molecular complexity index is 398. The highest BCUT2D eigenvalue weighted by molar-refractivity contribution is 9.10. The fourth-order valence-electron chi connectivity index (χ4n) is 1.02. The number of hydrogen-bond donors (Lipinski definition) is 0. The Morgan fingerprint density at radius 1 is 1.50 bits per heavy atom. The van der Waals surface area contributed by atoms with Gasteiger partial charge in [-0.2, -0.15) is 5.10 Å². The highest BCUT2D eigenvalue weighted by atomic mass is 79.9. The maximum Gasteiger partial charge on any atom is 0.158 e. The molecule has 0 amide bonds. The Labute approximate surface area is 76.3 Å². The molecule has 62 valence electrons. The Kier molecular flexibility index (Phi) is 1.61. The quantitative estimate of drug-likeness (QED) is 0.647. The van der Waals surface area contributed by atoms with E-state index in [0.29, 0.717) is 11.0 Å². The summed E-state index contributed by atoms with van der Waals surface area (Å²) in [5.74, 6) is -0.388. The van der Waals surface area contributed by atoms with E-state index < -0.39 is 0 Å². The zero-order chi connectivity index (χ0) is 8.72. The first-order chi connectivity index (χ1) is 5.66. The van der Waals surface area contributed by atoms with Crippen LogP contribution >= 0.6 is 15.9 Å². The molecule has 0 bridgehead atoms. The van der Waals surface area contributed by atoms with Crippen LogP contribution in [0.5, 0.6) is 0 Å². The molecule has 3 nitrogen and oxygen atoms in total. The van der Waals surface area contributed by atoms with E-state index in [0.717, 1.165) is 0 Å². The zero-order valence-electron chi connectivity index (χ0n) is 6.25. The van der Waals surface area contributed by atoms with Gasteiger partial charge in [-0.15, -0.1) is 0 Å². The van der Waals surface area contributed by atoms with E-state index in [4.69, 9.17) is 0 Å². The summed E-state index contributed by atoms with van der Waals surface area (Å²) in [7, 11) is 1.77. The molecular formula is C7H5BrFN3. The lowest BCUT2D eigenvalue weighted by atomic mass is 10.4. The third-order valence-corrected chi connectivity index (χ3v) is 2.07. The number of hydrogen-bond acceptors (Lipinski definition) is 2. The molecule has 12 heavy (non-hydrogen) atoms. The summed E-state index contributed by atoms with van der Waals surface area (Å²) in [6.07, 6.45) is 1.74. The van der Waals surface area contributed by atoms with Crippen molar-refractivity contribution in [2.75, 3.05) is 0 Å². The van der Waals surface area contributed by atoms with Crippen LogP contribution in [0, 0.1) is 5.82 Å². The molecule has 2 rings (SSSR count). The normalized spacial score (nSPS) is 10.9. The number of pyridine rings is 1. The fraction of sp³-hybridized carbons (Fsp3) is 0.143. The maximum atomic E-state index is 12.9. The lowest BCUT2D eigenvalue weighted by Crippen LogP contribution is -1.85. The number of nitrogens with zero attached hydrogens (tertiary/aromatic N) is 3. The second kappa shape index (κ2) is 2.52. The van der Waals surface area contributed by atoms with Crippen LogP contribution in [0.25, 0.3) is 11.0 Å². The third-order valence-electron chi connectivity index (χ3n) is 1.52. The van der Waals surface area contributed by atoms with Gasteiger partial charge in [0, 0.05) is 13.1 Å². The molecule has 2 heterocycles. The zero-order valence-corrected chi connectivity index (χ0v) is 7.84. The number of rotatable bonds is 0. The monoisotopic (exact) mass is 229 g/mol. The summed E-state index contributed by atoms with van der Waals surface area (Å²) in [6.45, 7) is 0. The van der Waals surface area contributed by atoms with Crippen LogP contribution in [0.15, 0.2) is 16.9 Å². The van der Waals surface area contributed by atoms with E-state index in [1.54, 1.807) is 17.9 Å². The van der Waals surface area contributed by atoms with Gasteiger partial charge in [-0.3, -0.25) is 4.68 Å². The molecule has 0 N–H and O–H groups in total. The molecule has 0 aliphatic heterocycles. The minimum Gasteiger partial charge on any atom is -0.273 e. The van der Waals surface area contributed by atoms with E-state index in [-0.39, 0.29) is 10.4 Å². The topological polar surface area (TPSA) is 30.7 Å². The molecule has 0 saturated heterocycles. The van der Waals surface area contributed by atoms with Crippen molar-refractivity contribution in [2.24, 2.45) is 7.05 Å². The van der Waals surface area contributed by atoms with Crippen molar-refractivity contribution in [1.82, 2.24) is 14.8 Å². The van der Waals surface area contributed by atoms with Crippen molar-refractivity contribution in [3.63, 3.8) is 0 Å². The first-order valence-electron chi connectivity index (χ1n) is 3.32. The largest absolute Gasteiger partial charge is 0.273 e. The van der Waals surface area contributed by atoms with Crippen LogP contribution in [0.4, 0.5) is 4.39 Å². The predicted molar refractivity (Wildman–Crippen MR) is 46.2 cm³/mol. The van der Waals surface area contributed by atoms with Gasteiger partial charge < -0.3 is 0 Å². The van der Waals surface area contributed by atoms with E-state index in [9.17, 15) is 4.39 Å². The molecular weight excluding hydrogens is 225 g/mol. The molecule has 0 aliphatic rings. The van der Waals surface area contributed by atoms with E-state index in [1.807, 2.05) is 0 Å². The van der Waals surface area contributed by atoms with Crippen LogP contribution in [0.2, 0.25) is 0 Å². The fourth-order valence-corrected chi connectivity index (χ4v) is 1.33. The summed E-state index contributed by atoms with van der Waals surface area (Å²) >= 11 is 3.00. The van der Waals surface area contributed by atoms with Crippen LogP contribution in [0.1, 0.15) is 0 Å². The van der Waals surface area contributed by atoms with Crippen molar-refractivity contribution in [3.05, 3.63) is 22.7 Å². The van der Waals surface area contributed by atoms with Gasteiger partial charge in [0.1, 0.15) is 15.6 Å². The van der Waals surface area contributed by atoms with Crippen molar-refractivity contribution in [3.8, 4) is 0 Å². The van der Waals surface area contributed by atoms with Crippen molar-refractivity contribution < 1.29 is 4.39 Å². The summed E-state index contributed by atoms with van der Waals surface area (Å²) < 4.78 is 14.7. The molecule has 0 atom stereocenters. The van der Waals surface area contributed by atoms with Gasteiger partial charge >= 0.3 is 0 Å². The smallest absolute Gasteiger partial charge is 0.158 e. The van der Waals surface area contributed by atoms with Crippen molar-refractivity contribution in [2.45, 2.75) is 0 Å². The van der Waals surface area contributed by atoms with Gasteiger partial charge in [0.25, 0.3) is 0 Å². The minimum atomic E-state index is -0.388. The molecule has 0 fully saturated rings. The Morgan fingerprint density at radius 3 is 3.00 bits per heavy atom. The maximum absolute atomic E-state index is 12.9. The molecule has 2 aromatic rings. The molecule has 0 unspecified atom stereocenters. The van der Waals surface area contributed by atoms with Gasteiger partial charge in [0.2, 0.25) is 0 Å². The average molecular weight is 230 g/mol. The number of halogens is 2. The van der Waals surface area contributed by atoms with Gasteiger partial charge in [-0.25, -0.2) is 9.37 Å². The van der Waals surface area contributed by atoms with E-state index >= 15 is 0 Å². The van der Waals surface area contributed by atoms with Gasteiger partial charge in [-0.05, 0) is 15.9 Å². The van der Waals surface area contributed by atoms with Crippen LogP contribution in [-0.4, -0.2) is 14.8 Å².